The molecule has 0 bridgehead atoms. The predicted molar refractivity (Wildman–Crippen MR) is 59.4 cm³/mol. The van der Waals surface area contributed by atoms with Crippen LogP contribution in [0.1, 0.15) is 12.5 Å². The van der Waals surface area contributed by atoms with Crippen molar-refractivity contribution in [2.24, 2.45) is 0 Å². The molecule has 0 radical (unpaired) electrons. The van der Waals surface area contributed by atoms with Crippen molar-refractivity contribution in [3.8, 4) is 0 Å². The first kappa shape index (κ1) is 11.5. The lowest BCUT2D eigenvalue weighted by Crippen LogP contribution is -2.29. The average Bonchev–Trinajstić information content (AvgIpc) is 2.21. The van der Waals surface area contributed by atoms with Crippen LogP contribution in [0, 0.1) is 6.92 Å². The van der Waals surface area contributed by atoms with Gasteiger partial charge < -0.3 is 10.2 Å². The summed E-state index contributed by atoms with van der Waals surface area (Å²) in [7, 11) is 0. The molecule has 0 amide bonds. The van der Waals surface area contributed by atoms with Gasteiger partial charge in [0.2, 0.25) is 0 Å². The van der Waals surface area contributed by atoms with Gasteiger partial charge in [-0.2, -0.15) is 0 Å². The molecular weight excluding hydrogens is 192 g/mol. The number of hydrogen-bond donors (Lipinski definition) is 2. The summed E-state index contributed by atoms with van der Waals surface area (Å²) in [5, 5.41) is 0. The van der Waals surface area contributed by atoms with Gasteiger partial charge >= 0.3 is 5.97 Å². The Morgan fingerprint density at radius 1 is 1.33 bits per heavy atom. The fraction of sp³-hybridized carbons (Fsp3) is 0.364. The Balaban J connectivity index is 2.26. The molecule has 1 aromatic rings. The zero-order valence-corrected chi connectivity index (χ0v) is 9.04. The van der Waals surface area contributed by atoms with Crippen LogP contribution in [0.4, 0.5) is 5.69 Å². The molecule has 2 N–H and O–H groups in total. The summed E-state index contributed by atoms with van der Waals surface area (Å²) >= 11 is 0. The fourth-order valence-corrected chi connectivity index (χ4v) is 1.07. The summed E-state index contributed by atoms with van der Waals surface area (Å²) in [6.45, 7) is 4.37. The van der Waals surface area contributed by atoms with Crippen molar-refractivity contribution in [3.05, 3.63) is 29.8 Å². The van der Waals surface area contributed by atoms with E-state index in [0.717, 1.165) is 5.69 Å². The van der Waals surface area contributed by atoms with E-state index in [-0.39, 0.29) is 12.5 Å². The van der Waals surface area contributed by atoms with Gasteiger partial charge in [-0.25, -0.2) is 5.43 Å². The van der Waals surface area contributed by atoms with Crippen LogP contribution in [0.3, 0.4) is 0 Å². The van der Waals surface area contributed by atoms with E-state index in [1.807, 2.05) is 31.2 Å². The monoisotopic (exact) mass is 208 g/mol. The highest BCUT2D eigenvalue weighted by Crippen LogP contribution is 2.06. The number of anilines is 1. The molecular formula is C11H16N2O2. The molecule has 0 unspecified atom stereocenters. The predicted octanol–water partition coefficient (Wildman–Crippen LogP) is 1.47. The number of hydrazine groups is 1. The van der Waals surface area contributed by atoms with Gasteiger partial charge in [0.15, 0.2) is 0 Å². The van der Waals surface area contributed by atoms with Gasteiger partial charge in [-0.1, -0.05) is 17.7 Å². The maximum atomic E-state index is 11.0. The number of carbonyl (C=O) groups is 1. The number of ether oxygens (including phenoxy) is 1. The van der Waals surface area contributed by atoms with Crippen LogP contribution in [0.15, 0.2) is 24.3 Å². The maximum absolute atomic E-state index is 11.0. The van der Waals surface area contributed by atoms with Crippen molar-refractivity contribution in [1.29, 1.82) is 0 Å². The second-order valence-electron chi connectivity index (χ2n) is 3.15. The minimum Gasteiger partial charge on any atom is -0.465 e. The number of esters is 1. The van der Waals surface area contributed by atoms with Crippen LogP contribution in [0.2, 0.25) is 0 Å². The zero-order valence-electron chi connectivity index (χ0n) is 9.04. The summed E-state index contributed by atoms with van der Waals surface area (Å²) in [6, 6.07) is 7.86. The molecule has 0 fully saturated rings. The number of nitrogens with one attached hydrogen (secondary N) is 2. The van der Waals surface area contributed by atoms with Crippen molar-refractivity contribution >= 4 is 11.7 Å². The SMILES string of the molecule is CCOC(=O)CNNc1ccc(C)cc1. The molecule has 0 aliphatic heterocycles. The normalized spacial score (nSPS) is 9.73. The summed E-state index contributed by atoms with van der Waals surface area (Å²) in [4.78, 5) is 11.0. The second kappa shape index (κ2) is 6.03. The lowest BCUT2D eigenvalue weighted by atomic mass is 10.2. The third kappa shape index (κ3) is 4.46. The summed E-state index contributed by atoms with van der Waals surface area (Å²) < 4.78 is 4.76. The number of benzene rings is 1. The fourth-order valence-electron chi connectivity index (χ4n) is 1.07. The number of carbonyl (C=O) groups excluding carboxylic acids is 1. The van der Waals surface area contributed by atoms with Crippen molar-refractivity contribution in [2.75, 3.05) is 18.6 Å². The number of aryl methyl sites for hydroxylation is 1. The van der Waals surface area contributed by atoms with Gasteiger partial charge in [-0.15, -0.1) is 0 Å². The minimum absolute atomic E-state index is 0.154. The molecule has 0 saturated carbocycles. The molecule has 4 heteroatoms. The first-order valence-electron chi connectivity index (χ1n) is 4.93. The standard InChI is InChI=1S/C11H16N2O2/c1-3-15-11(14)8-12-13-10-6-4-9(2)5-7-10/h4-7,12-13H,3,8H2,1-2H3. The van der Waals surface area contributed by atoms with Crippen LogP contribution < -0.4 is 10.9 Å². The molecule has 4 nitrogen and oxygen atoms in total. The molecule has 1 aromatic carbocycles. The lowest BCUT2D eigenvalue weighted by Gasteiger charge is -2.07. The van der Waals surface area contributed by atoms with E-state index in [9.17, 15) is 4.79 Å². The van der Waals surface area contributed by atoms with Crippen LogP contribution in [0.25, 0.3) is 0 Å². The van der Waals surface area contributed by atoms with E-state index in [0.29, 0.717) is 6.61 Å². The molecule has 0 heterocycles. The van der Waals surface area contributed by atoms with E-state index in [1.165, 1.54) is 5.56 Å². The van der Waals surface area contributed by atoms with Crippen molar-refractivity contribution in [2.45, 2.75) is 13.8 Å². The van der Waals surface area contributed by atoms with Gasteiger partial charge in [-0.3, -0.25) is 4.79 Å². The van der Waals surface area contributed by atoms with Crippen molar-refractivity contribution in [3.63, 3.8) is 0 Å². The Labute approximate surface area is 89.6 Å². The highest BCUT2D eigenvalue weighted by molar-refractivity contribution is 5.71. The Morgan fingerprint density at radius 3 is 2.60 bits per heavy atom. The molecule has 0 saturated heterocycles. The molecule has 82 valence electrons. The Hall–Kier alpha value is -1.55. The second-order valence-corrected chi connectivity index (χ2v) is 3.15. The highest BCUT2D eigenvalue weighted by Gasteiger charge is 1.99. The Kier molecular flexibility index (Phi) is 4.63. The zero-order chi connectivity index (χ0) is 11.1. The van der Waals surface area contributed by atoms with E-state index in [4.69, 9.17) is 4.74 Å². The largest absolute Gasteiger partial charge is 0.465 e. The van der Waals surface area contributed by atoms with Gasteiger partial charge in [0.05, 0.1) is 6.61 Å². The quantitative estimate of drug-likeness (QED) is 0.568. The third-order valence-corrected chi connectivity index (χ3v) is 1.82. The Bertz CT molecular complexity index is 309. The van der Waals surface area contributed by atoms with Gasteiger partial charge in [0, 0.05) is 5.69 Å². The van der Waals surface area contributed by atoms with Crippen LogP contribution in [-0.2, 0) is 9.53 Å². The highest BCUT2D eigenvalue weighted by atomic mass is 16.5. The molecule has 0 spiro atoms. The summed E-state index contributed by atoms with van der Waals surface area (Å²) in [6.07, 6.45) is 0. The van der Waals surface area contributed by atoms with Gasteiger partial charge in [0.1, 0.15) is 6.54 Å². The summed E-state index contributed by atoms with van der Waals surface area (Å²) in [5.41, 5.74) is 7.81. The molecule has 1 rings (SSSR count). The van der Waals surface area contributed by atoms with Gasteiger partial charge in [0.25, 0.3) is 0 Å². The van der Waals surface area contributed by atoms with E-state index in [2.05, 4.69) is 10.9 Å². The Morgan fingerprint density at radius 2 is 2.00 bits per heavy atom. The molecule has 0 aliphatic carbocycles. The minimum atomic E-state index is -0.267. The smallest absolute Gasteiger partial charge is 0.321 e. The topological polar surface area (TPSA) is 50.4 Å². The maximum Gasteiger partial charge on any atom is 0.321 e. The molecule has 0 aromatic heterocycles. The van der Waals surface area contributed by atoms with Crippen LogP contribution >= 0.6 is 0 Å². The first-order chi connectivity index (χ1) is 7.22. The molecule has 0 atom stereocenters. The van der Waals surface area contributed by atoms with E-state index < -0.39 is 0 Å². The number of hydrogen-bond acceptors (Lipinski definition) is 4. The molecule has 0 aliphatic rings. The van der Waals surface area contributed by atoms with Crippen molar-refractivity contribution < 1.29 is 9.53 Å². The van der Waals surface area contributed by atoms with Crippen LogP contribution in [-0.4, -0.2) is 19.1 Å². The first-order valence-corrected chi connectivity index (χ1v) is 4.93. The van der Waals surface area contributed by atoms with E-state index in [1.54, 1.807) is 6.92 Å². The third-order valence-electron chi connectivity index (χ3n) is 1.82. The number of rotatable bonds is 5. The van der Waals surface area contributed by atoms with E-state index >= 15 is 0 Å². The average molecular weight is 208 g/mol. The van der Waals surface area contributed by atoms with Crippen molar-refractivity contribution in [1.82, 2.24) is 5.43 Å². The molecule has 15 heavy (non-hydrogen) atoms. The summed E-state index contributed by atoms with van der Waals surface area (Å²) in [5.74, 6) is -0.267. The van der Waals surface area contributed by atoms with Crippen LogP contribution in [0.5, 0.6) is 0 Å². The van der Waals surface area contributed by atoms with Gasteiger partial charge in [-0.05, 0) is 26.0 Å². The lowest BCUT2D eigenvalue weighted by molar-refractivity contribution is -0.141.